The third-order valence-corrected chi connectivity index (χ3v) is 4.18. The van der Waals surface area contributed by atoms with Crippen molar-refractivity contribution in [3.63, 3.8) is 0 Å². The number of epoxide rings is 1. The van der Waals surface area contributed by atoms with Crippen molar-refractivity contribution in [2.24, 2.45) is 0 Å². The van der Waals surface area contributed by atoms with E-state index in [9.17, 15) is 4.79 Å². The second kappa shape index (κ2) is 5.70. The highest BCUT2D eigenvalue weighted by Crippen LogP contribution is 2.41. The van der Waals surface area contributed by atoms with Gasteiger partial charge in [-0.05, 0) is 52.4 Å². The van der Waals surface area contributed by atoms with Crippen molar-refractivity contribution < 1.29 is 14.3 Å². The van der Waals surface area contributed by atoms with Gasteiger partial charge in [0.05, 0.1) is 12.2 Å². The van der Waals surface area contributed by atoms with E-state index in [0.29, 0.717) is 0 Å². The molecule has 1 aliphatic heterocycles. The molecule has 0 aromatic rings. The largest absolute Gasteiger partial charge is 0.444 e. The highest BCUT2D eigenvalue weighted by Gasteiger charge is 2.48. The van der Waals surface area contributed by atoms with Gasteiger partial charge < -0.3 is 14.8 Å². The van der Waals surface area contributed by atoms with Gasteiger partial charge in [0.1, 0.15) is 5.60 Å². The molecule has 1 heterocycles. The van der Waals surface area contributed by atoms with Crippen LogP contribution in [0.2, 0.25) is 0 Å². The topological polar surface area (TPSA) is 50.9 Å². The smallest absolute Gasteiger partial charge is 0.407 e. The van der Waals surface area contributed by atoms with Gasteiger partial charge >= 0.3 is 6.09 Å². The summed E-state index contributed by atoms with van der Waals surface area (Å²) in [6.45, 7) is 6.97. The summed E-state index contributed by atoms with van der Waals surface area (Å²) >= 11 is 0. The molecule has 2 fully saturated rings. The van der Waals surface area contributed by atoms with Gasteiger partial charge in [0.25, 0.3) is 0 Å². The van der Waals surface area contributed by atoms with Crippen LogP contribution in [0.25, 0.3) is 0 Å². The van der Waals surface area contributed by atoms with Crippen LogP contribution in [0.4, 0.5) is 4.79 Å². The van der Waals surface area contributed by atoms with Crippen molar-refractivity contribution in [3.05, 3.63) is 0 Å². The quantitative estimate of drug-likeness (QED) is 0.778. The van der Waals surface area contributed by atoms with E-state index in [2.05, 4.69) is 12.2 Å². The summed E-state index contributed by atoms with van der Waals surface area (Å²) in [6, 6.07) is 0.214. The molecule has 4 nitrogen and oxygen atoms in total. The third kappa shape index (κ3) is 4.37. The number of amides is 1. The Morgan fingerprint density at radius 2 is 2.26 bits per heavy atom. The first kappa shape index (κ1) is 14.6. The highest BCUT2D eigenvalue weighted by atomic mass is 16.6. The van der Waals surface area contributed by atoms with Crippen molar-refractivity contribution in [2.45, 2.75) is 83.0 Å². The van der Waals surface area contributed by atoms with Crippen LogP contribution in [-0.4, -0.2) is 29.9 Å². The van der Waals surface area contributed by atoms with Crippen LogP contribution >= 0.6 is 0 Å². The maximum Gasteiger partial charge on any atom is 0.407 e. The Morgan fingerprint density at radius 1 is 1.53 bits per heavy atom. The van der Waals surface area contributed by atoms with E-state index in [4.69, 9.17) is 9.47 Å². The zero-order valence-corrected chi connectivity index (χ0v) is 12.5. The Balaban J connectivity index is 1.74. The summed E-state index contributed by atoms with van der Waals surface area (Å²) in [5, 5.41) is 3.01. The van der Waals surface area contributed by atoms with Crippen LogP contribution in [-0.2, 0) is 9.47 Å². The Labute approximate surface area is 116 Å². The average molecular weight is 269 g/mol. The summed E-state index contributed by atoms with van der Waals surface area (Å²) in [5.74, 6) is 0. The zero-order chi connectivity index (χ0) is 13.9. The van der Waals surface area contributed by atoms with Gasteiger partial charge in [-0.2, -0.15) is 0 Å². The molecule has 1 spiro atoms. The minimum Gasteiger partial charge on any atom is -0.444 e. The normalized spacial score (nSPS) is 30.2. The van der Waals surface area contributed by atoms with Crippen molar-refractivity contribution >= 4 is 6.09 Å². The van der Waals surface area contributed by atoms with Gasteiger partial charge in [0.2, 0.25) is 0 Å². The summed E-state index contributed by atoms with van der Waals surface area (Å²) in [7, 11) is 0. The molecule has 1 saturated carbocycles. The van der Waals surface area contributed by atoms with Gasteiger partial charge in [-0.3, -0.25) is 0 Å². The molecule has 2 unspecified atom stereocenters. The lowest BCUT2D eigenvalue weighted by atomic mass is 9.86. The lowest BCUT2D eigenvalue weighted by Crippen LogP contribution is -2.43. The molecule has 2 aliphatic rings. The predicted octanol–water partition coefficient (Wildman–Crippen LogP) is 3.39. The van der Waals surface area contributed by atoms with E-state index in [1.54, 1.807) is 0 Å². The molecule has 2 atom stereocenters. The molecule has 0 aromatic carbocycles. The molecule has 19 heavy (non-hydrogen) atoms. The van der Waals surface area contributed by atoms with Crippen LogP contribution < -0.4 is 5.32 Å². The monoisotopic (exact) mass is 269 g/mol. The van der Waals surface area contributed by atoms with E-state index in [1.165, 1.54) is 0 Å². The van der Waals surface area contributed by atoms with Crippen molar-refractivity contribution in [3.8, 4) is 0 Å². The summed E-state index contributed by atoms with van der Waals surface area (Å²) in [5.41, 5.74) is -0.281. The van der Waals surface area contributed by atoms with E-state index < -0.39 is 0 Å². The van der Waals surface area contributed by atoms with Crippen molar-refractivity contribution in [2.75, 3.05) is 6.61 Å². The molecule has 1 N–H and O–H groups in total. The van der Waals surface area contributed by atoms with Gasteiger partial charge in [-0.25, -0.2) is 4.79 Å². The SMILES string of the molecule is CCCCC(C)(C)OC(=O)NC1CCCC2(CO2)C1. The van der Waals surface area contributed by atoms with Crippen LogP contribution in [0.1, 0.15) is 65.7 Å². The fourth-order valence-corrected chi connectivity index (χ4v) is 2.91. The first-order chi connectivity index (χ1) is 8.95. The molecular weight excluding hydrogens is 242 g/mol. The number of rotatable bonds is 5. The number of carbonyl (C=O) groups is 1. The Kier molecular flexibility index (Phi) is 4.39. The van der Waals surface area contributed by atoms with E-state index in [-0.39, 0.29) is 23.3 Å². The molecule has 2 rings (SSSR count). The predicted molar refractivity (Wildman–Crippen MR) is 74.2 cm³/mol. The number of hydrogen-bond acceptors (Lipinski definition) is 3. The fraction of sp³-hybridized carbons (Fsp3) is 0.933. The minimum atomic E-state index is -0.372. The number of alkyl carbamates (subject to hydrolysis) is 1. The Hall–Kier alpha value is -0.770. The average Bonchev–Trinajstić information content (AvgIpc) is 3.05. The second-order valence-electron chi connectivity index (χ2n) is 6.66. The summed E-state index contributed by atoms with van der Waals surface area (Å²) in [4.78, 5) is 11.9. The van der Waals surface area contributed by atoms with E-state index >= 15 is 0 Å². The number of carbonyl (C=O) groups excluding carboxylic acids is 1. The maximum absolute atomic E-state index is 11.9. The van der Waals surface area contributed by atoms with Crippen LogP contribution in [0, 0.1) is 0 Å². The lowest BCUT2D eigenvalue weighted by Gasteiger charge is -2.30. The zero-order valence-electron chi connectivity index (χ0n) is 12.5. The van der Waals surface area contributed by atoms with Gasteiger partial charge in [-0.15, -0.1) is 0 Å². The van der Waals surface area contributed by atoms with E-state index in [1.807, 2.05) is 13.8 Å². The van der Waals surface area contributed by atoms with Gasteiger partial charge in [0.15, 0.2) is 0 Å². The van der Waals surface area contributed by atoms with Gasteiger partial charge in [-0.1, -0.05) is 13.3 Å². The number of ether oxygens (including phenoxy) is 2. The molecule has 1 amide bonds. The lowest BCUT2D eigenvalue weighted by molar-refractivity contribution is 0.0274. The molecule has 0 aromatic heterocycles. The minimum absolute atomic E-state index is 0.0912. The fourth-order valence-electron chi connectivity index (χ4n) is 2.91. The summed E-state index contributed by atoms with van der Waals surface area (Å²) < 4.78 is 11.1. The van der Waals surface area contributed by atoms with Crippen LogP contribution in [0.15, 0.2) is 0 Å². The molecule has 1 saturated heterocycles. The number of unbranched alkanes of at least 4 members (excludes halogenated alkanes) is 1. The van der Waals surface area contributed by atoms with Crippen LogP contribution in [0.5, 0.6) is 0 Å². The van der Waals surface area contributed by atoms with Gasteiger partial charge in [0, 0.05) is 6.04 Å². The Morgan fingerprint density at radius 3 is 2.89 bits per heavy atom. The molecular formula is C15H27NO3. The molecule has 110 valence electrons. The first-order valence-electron chi connectivity index (χ1n) is 7.58. The molecule has 0 radical (unpaired) electrons. The van der Waals surface area contributed by atoms with Crippen molar-refractivity contribution in [1.29, 1.82) is 0 Å². The van der Waals surface area contributed by atoms with E-state index in [0.717, 1.165) is 51.6 Å². The summed E-state index contributed by atoms with van der Waals surface area (Å²) in [6.07, 6.45) is 7.09. The van der Waals surface area contributed by atoms with Crippen molar-refractivity contribution in [1.82, 2.24) is 5.32 Å². The number of nitrogens with one attached hydrogen (secondary N) is 1. The first-order valence-corrected chi connectivity index (χ1v) is 7.58. The Bertz CT molecular complexity index is 323. The molecule has 1 aliphatic carbocycles. The standard InChI is InChI=1S/C15H27NO3/c1-4-5-8-14(2,3)19-13(17)16-12-7-6-9-15(10-12)11-18-15/h12H,4-11H2,1-3H3,(H,16,17). The third-order valence-electron chi connectivity index (χ3n) is 4.18. The second-order valence-corrected chi connectivity index (χ2v) is 6.66. The molecule has 0 bridgehead atoms. The maximum atomic E-state index is 11.9. The number of hydrogen-bond donors (Lipinski definition) is 1. The molecule has 4 heteroatoms. The van der Waals surface area contributed by atoms with Crippen LogP contribution in [0.3, 0.4) is 0 Å². The highest BCUT2D eigenvalue weighted by molar-refractivity contribution is 5.68.